The van der Waals surface area contributed by atoms with Gasteiger partial charge in [0, 0.05) is 31.4 Å². The highest BCUT2D eigenvalue weighted by atomic mass is 19.4. The molecule has 2 amide bonds. The van der Waals surface area contributed by atoms with Gasteiger partial charge < -0.3 is 35.8 Å². The number of carboxylic acid groups (broad SMARTS) is 2. The van der Waals surface area contributed by atoms with Gasteiger partial charge in [-0.1, -0.05) is 18.2 Å². The maximum absolute atomic E-state index is 12.5. The van der Waals surface area contributed by atoms with Crippen LogP contribution in [-0.4, -0.2) is 89.9 Å². The maximum atomic E-state index is 12.5. The first-order valence-corrected chi connectivity index (χ1v) is 12.2. The summed E-state index contributed by atoms with van der Waals surface area (Å²) in [6, 6.07) is 13.2. The van der Waals surface area contributed by atoms with Crippen LogP contribution in [0.3, 0.4) is 0 Å². The molecular formula is C26H30F6N6O6. The van der Waals surface area contributed by atoms with E-state index in [0.29, 0.717) is 12.2 Å². The largest absolute Gasteiger partial charge is 0.497 e. The Kier molecular flexibility index (Phi) is 14.5. The number of hydrogen-bond acceptors (Lipinski definition) is 7. The highest BCUT2D eigenvalue weighted by molar-refractivity contribution is 5.94. The van der Waals surface area contributed by atoms with Crippen molar-refractivity contribution in [3.63, 3.8) is 0 Å². The van der Waals surface area contributed by atoms with Crippen molar-refractivity contribution in [1.29, 1.82) is 0 Å². The molecule has 3 rings (SSSR count). The van der Waals surface area contributed by atoms with Crippen molar-refractivity contribution in [2.45, 2.75) is 18.9 Å². The highest BCUT2D eigenvalue weighted by Gasteiger charge is 2.38. The average Bonchev–Trinajstić information content (AvgIpc) is 3.47. The molecule has 1 aromatic heterocycles. The number of carbonyl (C=O) groups is 3. The number of carbonyl (C=O) groups excluding carboxylic acids is 1. The van der Waals surface area contributed by atoms with E-state index in [9.17, 15) is 31.1 Å². The third kappa shape index (κ3) is 14.3. The van der Waals surface area contributed by atoms with Gasteiger partial charge in [0.05, 0.1) is 24.7 Å². The van der Waals surface area contributed by atoms with Gasteiger partial charge in [0.25, 0.3) is 0 Å². The number of aromatic amines is 1. The minimum absolute atomic E-state index is 0.274. The molecule has 0 aliphatic rings. The molecule has 0 saturated carbocycles. The molecule has 12 nitrogen and oxygen atoms in total. The van der Waals surface area contributed by atoms with Crippen LogP contribution in [0.2, 0.25) is 0 Å². The van der Waals surface area contributed by atoms with Gasteiger partial charge in [0.2, 0.25) is 0 Å². The number of anilines is 2. The van der Waals surface area contributed by atoms with Gasteiger partial charge in [-0.25, -0.2) is 14.4 Å². The summed E-state index contributed by atoms with van der Waals surface area (Å²) in [6.45, 7) is 2.03. The van der Waals surface area contributed by atoms with Crippen LogP contribution in [0.15, 0.2) is 54.9 Å². The fraction of sp³-hybridized carbons (Fsp3) is 0.308. The van der Waals surface area contributed by atoms with Crippen molar-refractivity contribution < 1.29 is 55.7 Å². The lowest BCUT2D eigenvalue weighted by Crippen LogP contribution is -2.29. The second-order valence-electron chi connectivity index (χ2n) is 8.74. The number of carboxylic acids is 2. The molecule has 0 aliphatic heterocycles. The number of nitrogens with one attached hydrogen (secondary N) is 4. The molecular weight excluding hydrogens is 606 g/mol. The number of likely N-dealkylation sites (N-methyl/N-ethyl adjacent to an activating group) is 1. The van der Waals surface area contributed by atoms with Crippen molar-refractivity contribution in [2.75, 3.05) is 44.9 Å². The molecule has 3 aromatic rings. The van der Waals surface area contributed by atoms with Gasteiger partial charge in [-0.15, -0.1) is 0 Å². The van der Waals surface area contributed by atoms with Crippen LogP contribution in [0.25, 0.3) is 11.1 Å². The third-order valence-electron chi connectivity index (χ3n) is 5.05. The van der Waals surface area contributed by atoms with Crippen molar-refractivity contribution in [1.82, 2.24) is 20.4 Å². The summed E-state index contributed by atoms with van der Waals surface area (Å²) >= 11 is 0. The predicted molar refractivity (Wildman–Crippen MR) is 147 cm³/mol. The van der Waals surface area contributed by atoms with E-state index < -0.39 is 24.3 Å². The maximum Gasteiger partial charge on any atom is 0.490 e. The second-order valence-corrected chi connectivity index (χ2v) is 8.74. The van der Waals surface area contributed by atoms with Gasteiger partial charge >= 0.3 is 30.3 Å². The van der Waals surface area contributed by atoms with Crippen LogP contribution in [0.4, 0.5) is 42.5 Å². The van der Waals surface area contributed by atoms with E-state index in [0.717, 1.165) is 41.2 Å². The van der Waals surface area contributed by atoms with Crippen LogP contribution in [0.1, 0.15) is 5.56 Å². The number of aliphatic carboxylic acids is 2. The SMILES string of the molecule is COc1cccc(CNC(=O)Nc2ccc(-c3cn[nH]c3)cc2NCCN(C)C)c1.O=C(O)C(F)(F)F.O=C(O)C(F)(F)F. The highest BCUT2D eigenvalue weighted by Crippen LogP contribution is 2.28. The Balaban J connectivity index is 0.000000574. The number of ether oxygens (including phenoxy) is 1. The number of rotatable bonds is 9. The number of benzene rings is 2. The lowest BCUT2D eigenvalue weighted by atomic mass is 10.1. The van der Waals surface area contributed by atoms with E-state index in [4.69, 9.17) is 24.5 Å². The Labute approximate surface area is 247 Å². The van der Waals surface area contributed by atoms with E-state index in [2.05, 4.69) is 31.0 Å². The average molecular weight is 637 g/mol. The first-order valence-electron chi connectivity index (χ1n) is 12.2. The zero-order valence-electron chi connectivity index (χ0n) is 23.5. The molecule has 1 heterocycles. The van der Waals surface area contributed by atoms with Gasteiger partial charge in [0.15, 0.2) is 0 Å². The summed E-state index contributed by atoms with van der Waals surface area (Å²) in [5, 5.41) is 30.3. The molecule has 18 heteroatoms. The topological polar surface area (TPSA) is 169 Å². The molecule has 44 heavy (non-hydrogen) atoms. The Morgan fingerprint density at radius 1 is 0.932 bits per heavy atom. The Morgan fingerprint density at radius 3 is 2.05 bits per heavy atom. The molecule has 0 atom stereocenters. The molecule has 0 bridgehead atoms. The van der Waals surface area contributed by atoms with Crippen LogP contribution in [-0.2, 0) is 16.1 Å². The molecule has 0 aliphatic carbocycles. The van der Waals surface area contributed by atoms with Gasteiger partial charge in [-0.3, -0.25) is 5.10 Å². The van der Waals surface area contributed by atoms with Gasteiger partial charge in [-0.2, -0.15) is 31.4 Å². The second kappa shape index (κ2) is 17.2. The van der Waals surface area contributed by atoms with Crippen LogP contribution < -0.4 is 20.7 Å². The Hall–Kier alpha value is -5.00. The zero-order valence-corrected chi connectivity index (χ0v) is 23.5. The van der Waals surface area contributed by atoms with Crippen molar-refractivity contribution in [2.24, 2.45) is 0 Å². The third-order valence-corrected chi connectivity index (χ3v) is 5.05. The number of amides is 2. The number of methoxy groups -OCH3 is 1. The number of urea groups is 1. The first-order chi connectivity index (χ1) is 20.4. The van der Waals surface area contributed by atoms with Crippen molar-refractivity contribution >= 4 is 29.3 Å². The standard InChI is InChI=1S/C22H28N6O2.2C2HF3O2/c1-28(2)10-9-23-21-12-17(18-14-25-26-15-18)7-8-20(21)27-22(29)24-13-16-5-4-6-19(11-16)30-3;2*3-2(4,5)1(6)7/h4-8,11-12,14-15,23H,9-10,13H2,1-3H3,(H,25,26)(H2,24,27,29);2*(H,6,7). The van der Waals surface area contributed by atoms with Gasteiger partial charge in [-0.05, 0) is 49.5 Å². The van der Waals surface area contributed by atoms with E-state index in [1.54, 1.807) is 13.3 Å². The van der Waals surface area contributed by atoms with E-state index in [1.807, 2.05) is 62.8 Å². The Bertz CT molecular complexity index is 1330. The van der Waals surface area contributed by atoms with Crippen LogP contribution in [0, 0.1) is 0 Å². The first kappa shape index (κ1) is 37.0. The molecule has 6 N–H and O–H groups in total. The van der Waals surface area contributed by atoms with E-state index >= 15 is 0 Å². The van der Waals surface area contributed by atoms with Crippen molar-refractivity contribution in [3.05, 3.63) is 60.4 Å². The van der Waals surface area contributed by atoms with Crippen LogP contribution in [0.5, 0.6) is 5.75 Å². The summed E-state index contributed by atoms with van der Waals surface area (Å²) in [6.07, 6.45) is -6.56. The monoisotopic (exact) mass is 636 g/mol. The zero-order chi connectivity index (χ0) is 33.5. The molecule has 0 unspecified atom stereocenters. The molecule has 2 aromatic carbocycles. The smallest absolute Gasteiger partial charge is 0.490 e. The van der Waals surface area contributed by atoms with Gasteiger partial charge in [0.1, 0.15) is 5.75 Å². The number of aromatic nitrogens is 2. The van der Waals surface area contributed by atoms with Crippen LogP contribution >= 0.6 is 0 Å². The number of hydrogen-bond donors (Lipinski definition) is 6. The minimum atomic E-state index is -5.08. The number of alkyl halides is 6. The normalized spacial score (nSPS) is 10.9. The quantitative estimate of drug-likeness (QED) is 0.183. The summed E-state index contributed by atoms with van der Waals surface area (Å²) < 4.78 is 68.7. The molecule has 0 radical (unpaired) electrons. The molecule has 0 fully saturated rings. The minimum Gasteiger partial charge on any atom is -0.497 e. The number of halogens is 6. The van der Waals surface area contributed by atoms with E-state index in [-0.39, 0.29) is 6.03 Å². The molecule has 0 spiro atoms. The Morgan fingerprint density at radius 2 is 1.55 bits per heavy atom. The summed E-state index contributed by atoms with van der Waals surface area (Å²) in [7, 11) is 5.67. The summed E-state index contributed by atoms with van der Waals surface area (Å²) in [5.74, 6) is -4.75. The fourth-order valence-corrected chi connectivity index (χ4v) is 2.93. The number of H-pyrrole nitrogens is 1. The van der Waals surface area contributed by atoms with Crippen molar-refractivity contribution in [3.8, 4) is 16.9 Å². The number of nitrogens with zero attached hydrogens (tertiary/aromatic N) is 2. The predicted octanol–water partition coefficient (Wildman–Crippen LogP) is 4.65. The van der Waals surface area contributed by atoms with E-state index in [1.165, 1.54) is 0 Å². The molecule has 0 saturated heterocycles. The lowest BCUT2D eigenvalue weighted by Gasteiger charge is -2.17. The molecule has 242 valence electrons. The summed E-state index contributed by atoms with van der Waals surface area (Å²) in [5.41, 5.74) is 4.53. The fourth-order valence-electron chi connectivity index (χ4n) is 2.93. The summed E-state index contributed by atoms with van der Waals surface area (Å²) in [4.78, 5) is 32.4. The lowest BCUT2D eigenvalue weighted by molar-refractivity contribution is -0.193.